The van der Waals surface area contributed by atoms with Crippen LogP contribution in [0, 0.1) is 0 Å². The molecule has 0 unspecified atom stereocenters. The highest BCUT2D eigenvalue weighted by Crippen LogP contribution is 2.33. The van der Waals surface area contributed by atoms with Gasteiger partial charge < -0.3 is 9.30 Å². The summed E-state index contributed by atoms with van der Waals surface area (Å²) in [6.45, 7) is 1.49. The minimum absolute atomic E-state index is 0.0232. The van der Waals surface area contributed by atoms with E-state index in [0.29, 0.717) is 22.7 Å². The Morgan fingerprint density at radius 1 is 1.09 bits per heavy atom. The number of hydrogen-bond acceptors (Lipinski definition) is 7. The van der Waals surface area contributed by atoms with Crippen molar-refractivity contribution < 1.29 is 26.3 Å². The molecule has 4 aromatic rings. The van der Waals surface area contributed by atoms with Crippen LogP contribution in [0.15, 0.2) is 47.6 Å². The monoisotopic (exact) mass is 477 g/mol. The van der Waals surface area contributed by atoms with Crippen molar-refractivity contribution in [1.82, 2.24) is 24.5 Å². The second-order valence-corrected chi connectivity index (χ2v) is 9.34. The Morgan fingerprint density at radius 3 is 2.52 bits per heavy atom. The molecule has 33 heavy (non-hydrogen) atoms. The van der Waals surface area contributed by atoms with Gasteiger partial charge in [-0.25, -0.2) is 23.4 Å². The second-order valence-electron chi connectivity index (χ2n) is 7.09. The SMILES string of the molecule is CCS(=O)(=O)c1cc(-c2cccc(OC)n2)cnc1-c1nc2cc(C(F)(F)F)ncc2n1C. The molecule has 0 aliphatic rings. The first-order valence-corrected chi connectivity index (χ1v) is 11.3. The summed E-state index contributed by atoms with van der Waals surface area (Å²) in [5.74, 6) is 0.239. The van der Waals surface area contributed by atoms with Gasteiger partial charge >= 0.3 is 6.18 Å². The van der Waals surface area contributed by atoms with Crippen LogP contribution in [0.25, 0.3) is 33.8 Å². The Balaban J connectivity index is 1.93. The zero-order valence-corrected chi connectivity index (χ0v) is 18.6. The van der Waals surface area contributed by atoms with Crippen LogP contribution in [0.4, 0.5) is 13.2 Å². The molecule has 4 heterocycles. The lowest BCUT2D eigenvalue weighted by atomic mass is 10.1. The smallest absolute Gasteiger partial charge is 0.433 e. The van der Waals surface area contributed by atoms with Crippen molar-refractivity contribution in [2.24, 2.45) is 7.05 Å². The van der Waals surface area contributed by atoms with Crippen molar-refractivity contribution in [2.45, 2.75) is 18.0 Å². The summed E-state index contributed by atoms with van der Waals surface area (Å²) in [5.41, 5.74) is 0.145. The molecule has 0 aliphatic carbocycles. The molecule has 0 amide bonds. The van der Waals surface area contributed by atoms with Crippen LogP contribution >= 0.6 is 0 Å². The lowest BCUT2D eigenvalue weighted by molar-refractivity contribution is -0.141. The molecule has 172 valence electrons. The highest BCUT2D eigenvalue weighted by Gasteiger charge is 2.33. The molecule has 12 heteroatoms. The maximum Gasteiger partial charge on any atom is 0.433 e. The average Bonchev–Trinajstić information content (AvgIpc) is 3.14. The number of methoxy groups -OCH3 is 1. The molecule has 0 aliphatic heterocycles. The Hall–Kier alpha value is -3.54. The van der Waals surface area contributed by atoms with Crippen LogP contribution in [-0.2, 0) is 23.1 Å². The first kappa shape index (κ1) is 22.6. The third-order valence-corrected chi connectivity index (χ3v) is 6.81. The first-order chi connectivity index (χ1) is 15.5. The molecular formula is C21H18F3N5O3S. The van der Waals surface area contributed by atoms with E-state index in [9.17, 15) is 21.6 Å². The van der Waals surface area contributed by atoms with Crippen LogP contribution < -0.4 is 4.74 Å². The highest BCUT2D eigenvalue weighted by atomic mass is 32.2. The number of ether oxygens (including phenoxy) is 1. The summed E-state index contributed by atoms with van der Waals surface area (Å²) in [4.78, 5) is 16.3. The summed E-state index contributed by atoms with van der Waals surface area (Å²) in [6, 6.07) is 7.29. The zero-order valence-electron chi connectivity index (χ0n) is 17.8. The van der Waals surface area contributed by atoms with Gasteiger partial charge in [-0.1, -0.05) is 13.0 Å². The lowest BCUT2D eigenvalue weighted by Gasteiger charge is -2.11. The number of aryl methyl sites for hydroxylation is 1. The van der Waals surface area contributed by atoms with Gasteiger partial charge in [-0.3, -0.25) is 4.98 Å². The van der Waals surface area contributed by atoms with Gasteiger partial charge in [-0.2, -0.15) is 13.2 Å². The van der Waals surface area contributed by atoms with Crippen molar-refractivity contribution in [2.75, 3.05) is 12.9 Å². The summed E-state index contributed by atoms with van der Waals surface area (Å²) >= 11 is 0. The van der Waals surface area contributed by atoms with Crippen molar-refractivity contribution in [3.8, 4) is 28.7 Å². The van der Waals surface area contributed by atoms with Crippen molar-refractivity contribution in [3.05, 3.63) is 48.4 Å². The quantitative estimate of drug-likeness (QED) is 0.430. The Kier molecular flexibility index (Phi) is 5.56. The molecule has 0 fully saturated rings. The van der Waals surface area contributed by atoms with Crippen LogP contribution in [0.1, 0.15) is 12.6 Å². The fourth-order valence-corrected chi connectivity index (χ4v) is 4.35. The van der Waals surface area contributed by atoms with Crippen LogP contribution in [0.2, 0.25) is 0 Å². The molecule has 8 nitrogen and oxygen atoms in total. The van der Waals surface area contributed by atoms with Gasteiger partial charge in [0.2, 0.25) is 5.88 Å². The Labute approximate surface area is 187 Å². The molecule has 4 rings (SSSR count). The van der Waals surface area contributed by atoms with E-state index >= 15 is 0 Å². The number of hydrogen-bond donors (Lipinski definition) is 0. The van der Waals surface area contributed by atoms with Crippen molar-refractivity contribution in [1.29, 1.82) is 0 Å². The maximum absolute atomic E-state index is 13.1. The van der Waals surface area contributed by atoms with Gasteiger partial charge in [-0.15, -0.1) is 0 Å². The number of alkyl halides is 3. The number of halogens is 3. The van der Waals surface area contributed by atoms with E-state index < -0.39 is 21.7 Å². The molecule has 0 radical (unpaired) electrons. The van der Waals surface area contributed by atoms with E-state index in [-0.39, 0.29) is 27.7 Å². The molecule has 4 aromatic heterocycles. The van der Waals surface area contributed by atoms with E-state index in [1.54, 1.807) is 25.2 Å². The Morgan fingerprint density at radius 2 is 1.85 bits per heavy atom. The average molecular weight is 477 g/mol. The predicted molar refractivity (Wildman–Crippen MR) is 114 cm³/mol. The molecule has 0 bridgehead atoms. The minimum Gasteiger partial charge on any atom is -0.481 e. The van der Waals surface area contributed by atoms with E-state index in [1.807, 2.05) is 0 Å². The fraction of sp³-hybridized carbons (Fsp3) is 0.238. The molecule has 0 aromatic carbocycles. The van der Waals surface area contributed by atoms with Gasteiger partial charge in [-0.05, 0) is 18.2 Å². The summed E-state index contributed by atoms with van der Waals surface area (Å²) in [7, 11) is -0.759. The third-order valence-electron chi connectivity index (χ3n) is 5.07. The van der Waals surface area contributed by atoms with E-state index in [2.05, 4.69) is 19.9 Å². The predicted octanol–water partition coefficient (Wildman–Crippen LogP) is 3.91. The van der Waals surface area contributed by atoms with Crippen molar-refractivity contribution >= 4 is 20.9 Å². The fourth-order valence-electron chi connectivity index (χ4n) is 3.29. The number of rotatable bonds is 5. The third kappa shape index (κ3) is 4.13. The molecule has 0 saturated heterocycles. The summed E-state index contributed by atoms with van der Waals surface area (Å²) < 4.78 is 71.6. The standard InChI is InChI=1S/C21H18F3N5O3S/c1-4-33(30,31)16-8-12(13-6-5-7-18(27-13)32-3)10-26-19(16)20-28-14-9-17(21(22,23)24)25-11-15(14)29(20)2/h5-11H,4H2,1-3H3. The van der Waals surface area contributed by atoms with Gasteiger partial charge in [0.1, 0.15) is 11.4 Å². The lowest BCUT2D eigenvalue weighted by Crippen LogP contribution is -2.09. The maximum atomic E-state index is 13.1. The number of fused-ring (bicyclic) bond motifs is 1. The second kappa shape index (κ2) is 8.10. The van der Waals surface area contributed by atoms with Gasteiger partial charge in [0.05, 0.1) is 40.7 Å². The summed E-state index contributed by atoms with van der Waals surface area (Å²) in [6.07, 6.45) is -2.14. The molecule has 0 spiro atoms. The molecule has 0 N–H and O–H groups in total. The van der Waals surface area contributed by atoms with E-state index in [0.717, 1.165) is 12.3 Å². The molecular weight excluding hydrogens is 459 g/mol. The van der Waals surface area contributed by atoms with Gasteiger partial charge in [0, 0.05) is 24.9 Å². The van der Waals surface area contributed by atoms with E-state index in [4.69, 9.17) is 4.74 Å². The normalized spacial score (nSPS) is 12.3. The first-order valence-electron chi connectivity index (χ1n) is 9.69. The highest BCUT2D eigenvalue weighted by molar-refractivity contribution is 7.91. The number of imidazole rings is 1. The summed E-state index contributed by atoms with van der Waals surface area (Å²) in [5, 5.41) is 0. The number of sulfone groups is 1. The Bertz CT molecular complexity index is 1470. The van der Waals surface area contributed by atoms with Crippen molar-refractivity contribution in [3.63, 3.8) is 0 Å². The van der Waals surface area contributed by atoms with E-state index in [1.165, 1.54) is 30.9 Å². The number of nitrogens with zero attached hydrogens (tertiary/aromatic N) is 5. The largest absolute Gasteiger partial charge is 0.481 e. The van der Waals surface area contributed by atoms with Gasteiger partial charge in [0.25, 0.3) is 0 Å². The van der Waals surface area contributed by atoms with Crippen LogP contribution in [-0.4, -0.2) is 45.8 Å². The zero-order chi connectivity index (χ0) is 24.0. The molecule has 0 atom stereocenters. The van der Waals surface area contributed by atoms with Crippen LogP contribution in [0.5, 0.6) is 5.88 Å². The topological polar surface area (TPSA) is 99.9 Å². The minimum atomic E-state index is -4.63. The van der Waals surface area contributed by atoms with Crippen LogP contribution in [0.3, 0.4) is 0 Å². The number of aromatic nitrogens is 5. The number of pyridine rings is 3. The van der Waals surface area contributed by atoms with Gasteiger partial charge in [0.15, 0.2) is 15.7 Å². The molecule has 0 saturated carbocycles.